The lowest BCUT2D eigenvalue weighted by Crippen LogP contribution is -2.21. The maximum atomic E-state index is 12.6. The van der Waals surface area contributed by atoms with E-state index < -0.39 is 6.10 Å². The van der Waals surface area contributed by atoms with E-state index in [9.17, 15) is 4.79 Å². The highest BCUT2D eigenvalue weighted by Crippen LogP contribution is 2.36. The van der Waals surface area contributed by atoms with Crippen molar-refractivity contribution in [2.24, 2.45) is 0 Å². The summed E-state index contributed by atoms with van der Waals surface area (Å²) in [5.74, 6) is 1.86. The molecular weight excluding hydrogens is 412 g/mol. The van der Waals surface area contributed by atoms with E-state index in [-0.39, 0.29) is 18.1 Å². The van der Waals surface area contributed by atoms with Crippen molar-refractivity contribution in [1.29, 1.82) is 0 Å². The number of fused-ring (bicyclic) bond motifs is 1. The maximum absolute atomic E-state index is 12.6. The number of benzene rings is 3. The number of para-hydroxylation sites is 2. The van der Waals surface area contributed by atoms with Crippen molar-refractivity contribution in [3.05, 3.63) is 90.3 Å². The highest BCUT2D eigenvalue weighted by atomic mass is 32.2. The van der Waals surface area contributed by atoms with Crippen molar-refractivity contribution in [2.45, 2.75) is 11.3 Å². The van der Waals surface area contributed by atoms with Crippen LogP contribution in [0.15, 0.2) is 88.5 Å². The Morgan fingerprint density at radius 2 is 1.58 bits per heavy atom. The Hall–Kier alpha value is -3.58. The van der Waals surface area contributed by atoms with Crippen LogP contribution >= 0.6 is 11.8 Å². The summed E-state index contributed by atoms with van der Waals surface area (Å²) in [5.41, 5.74) is 2.83. The predicted molar refractivity (Wildman–Crippen MR) is 117 cm³/mol. The van der Waals surface area contributed by atoms with Gasteiger partial charge in [0.05, 0.1) is 5.75 Å². The summed E-state index contributed by atoms with van der Waals surface area (Å²) in [6.07, 6.45) is -0.474. The number of carbonyl (C=O) groups is 1. The Morgan fingerprint density at radius 1 is 0.871 bits per heavy atom. The number of ether oxygens (including phenoxy) is 2. The molecule has 31 heavy (non-hydrogen) atoms. The highest BCUT2D eigenvalue weighted by molar-refractivity contribution is 7.99. The van der Waals surface area contributed by atoms with E-state index >= 15 is 0 Å². The third-order valence-electron chi connectivity index (χ3n) is 4.85. The van der Waals surface area contributed by atoms with Crippen molar-refractivity contribution < 1.29 is 18.7 Å². The number of rotatable bonds is 6. The summed E-state index contributed by atoms with van der Waals surface area (Å²) in [5, 5.41) is 8.41. The van der Waals surface area contributed by atoms with Crippen molar-refractivity contribution in [3.63, 3.8) is 0 Å². The normalized spacial score (nSPS) is 14.9. The summed E-state index contributed by atoms with van der Waals surface area (Å²) in [4.78, 5) is 12.6. The molecule has 0 spiro atoms. The second kappa shape index (κ2) is 8.65. The average molecular weight is 430 g/mol. The van der Waals surface area contributed by atoms with Gasteiger partial charge in [-0.2, -0.15) is 0 Å². The van der Waals surface area contributed by atoms with Crippen molar-refractivity contribution in [1.82, 2.24) is 10.2 Å². The zero-order valence-electron chi connectivity index (χ0n) is 16.4. The van der Waals surface area contributed by atoms with Gasteiger partial charge in [-0.05, 0) is 23.3 Å². The fourth-order valence-corrected chi connectivity index (χ4v) is 3.90. The largest absolute Gasteiger partial charge is 0.485 e. The van der Waals surface area contributed by atoms with Crippen LogP contribution in [0.25, 0.3) is 11.1 Å². The molecule has 3 aromatic carbocycles. The molecule has 1 atom stereocenters. The molecule has 0 N–H and O–H groups in total. The fourth-order valence-electron chi connectivity index (χ4n) is 3.24. The molecule has 1 aliphatic rings. The van der Waals surface area contributed by atoms with Crippen LogP contribution in [0, 0.1) is 0 Å². The molecule has 0 saturated heterocycles. The van der Waals surface area contributed by atoms with Gasteiger partial charge in [0, 0.05) is 5.56 Å². The topological polar surface area (TPSA) is 74.5 Å². The van der Waals surface area contributed by atoms with E-state index in [0.29, 0.717) is 28.2 Å². The smallest absolute Gasteiger partial charge is 0.277 e. The molecule has 2 heterocycles. The molecule has 1 aliphatic heterocycles. The van der Waals surface area contributed by atoms with Crippen LogP contribution < -0.4 is 9.47 Å². The van der Waals surface area contributed by atoms with Crippen LogP contribution in [0.3, 0.4) is 0 Å². The van der Waals surface area contributed by atoms with Gasteiger partial charge in [-0.15, -0.1) is 10.2 Å². The van der Waals surface area contributed by atoms with E-state index in [0.717, 1.165) is 11.1 Å². The molecule has 7 heteroatoms. The van der Waals surface area contributed by atoms with Gasteiger partial charge in [-0.3, -0.25) is 4.79 Å². The number of thioether (sulfide) groups is 1. The third kappa shape index (κ3) is 4.32. The molecule has 6 nitrogen and oxygen atoms in total. The summed E-state index contributed by atoms with van der Waals surface area (Å²) in [6, 6.07) is 25.1. The van der Waals surface area contributed by atoms with Gasteiger partial charge in [0.25, 0.3) is 11.1 Å². The molecule has 4 aromatic rings. The first-order valence-electron chi connectivity index (χ1n) is 9.79. The lowest BCUT2D eigenvalue weighted by molar-refractivity contribution is 0.0686. The van der Waals surface area contributed by atoms with Crippen LogP contribution in [0.2, 0.25) is 0 Å². The Labute approximate surface area is 183 Å². The van der Waals surface area contributed by atoms with Gasteiger partial charge in [0.2, 0.25) is 6.10 Å². The molecule has 0 fully saturated rings. The number of hydrogen-bond donors (Lipinski definition) is 0. The second-order valence-corrected chi connectivity index (χ2v) is 7.85. The number of aromatic nitrogens is 2. The minimum absolute atomic E-state index is 0.00413. The molecular formula is C24H18N2O4S. The molecule has 0 bridgehead atoms. The molecule has 154 valence electrons. The van der Waals surface area contributed by atoms with Gasteiger partial charge < -0.3 is 13.9 Å². The van der Waals surface area contributed by atoms with E-state index in [1.54, 1.807) is 0 Å². The molecule has 0 amide bonds. The van der Waals surface area contributed by atoms with Gasteiger partial charge in [0.1, 0.15) is 6.61 Å². The standard InChI is InChI=1S/C24H18N2O4S/c27-19(18-12-10-17(11-13-18)16-6-2-1-3-7-16)15-31-24-26-25-23(30-24)22-14-28-20-8-4-5-9-21(20)29-22/h1-13,22H,14-15H2/t22-/m1/s1. The average Bonchev–Trinajstić information content (AvgIpc) is 3.32. The second-order valence-electron chi connectivity index (χ2n) is 6.93. The van der Waals surface area contributed by atoms with E-state index in [4.69, 9.17) is 13.9 Å². The Morgan fingerprint density at radius 3 is 2.39 bits per heavy atom. The lowest BCUT2D eigenvalue weighted by atomic mass is 10.0. The molecule has 0 radical (unpaired) electrons. The number of nitrogens with zero attached hydrogens (tertiary/aromatic N) is 2. The predicted octanol–water partition coefficient (Wildman–Crippen LogP) is 5.22. The van der Waals surface area contributed by atoms with Crippen LogP contribution in [-0.4, -0.2) is 28.3 Å². The Balaban J connectivity index is 1.19. The van der Waals surface area contributed by atoms with E-state index in [2.05, 4.69) is 10.2 Å². The quantitative estimate of drug-likeness (QED) is 0.306. The lowest BCUT2D eigenvalue weighted by Gasteiger charge is -2.23. The summed E-state index contributed by atoms with van der Waals surface area (Å²) < 4.78 is 17.2. The van der Waals surface area contributed by atoms with Crippen LogP contribution in [0.5, 0.6) is 11.5 Å². The van der Waals surface area contributed by atoms with E-state index in [1.165, 1.54) is 11.8 Å². The summed E-state index contributed by atoms with van der Waals surface area (Å²) in [6.45, 7) is 0.288. The molecule has 0 unspecified atom stereocenters. The monoisotopic (exact) mass is 430 g/mol. The minimum Gasteiger partial charge on any atom is -0.485 e. The van der Waals surface area contributed by atoms with Crippen molar-refractivity contribution >= 4 is 17.5 Å². The Bertz CT molecular complexity index is 1190. The molecule has 1 aromatic heterocycles. The Kier molecular flexibility index (Phi) is 5.41. The van der Waals surface area contributed by atoms with Crippen molar-refractivity contribution in [2.75, 3.05) is 12.4 Å². The summed E-state index contributed by atoms with van der Waals surface area (Å²) in [7, 11) is 0. The maximum Gasteiger partial charge on any atom is 0.277 e. The SMILES string of the molecule is O=C(CSc1nnc([C@H]2COc3ccccc3O2)o1)c1ccc(-c2ccccc2)cc1. The number of ketones is 1. The minimum atomic E-state index is -0.474. The van der Waals surface area contributed by atoms with E-state index in [1.807, 2.05) is 78.9 Å². The first kappa shape index (κ1) is 19.4. The van der Waals surface area contributed by atoms with Gasteiger partial charge in [0.15, 0.2) is 17.3 Å². The first-order chi connectivity index (χ1) is 15.3. The van der Waals surface area contributed by atoms with Gasteiger partial charge in [-0.1, -0.05) is 78.5 Å². The van der Waals surface area contributed by atoms with Crippen molar-refractivity contribution in [3.8, 4) is 22.6 Å². The molecule has 0 aliphatic carbocycles. The van der Waals surface area contributed by atoms with Crippen LogP contribution in [0.1, 0.15) is 22.4 Å². The molecule has 0 saturated carbocycles. The molecule has 5 rings (SSSR count). The number of carbonyl (C=O) groups excluding carboxylic acids is 1. The fraction of sp³-hybridized carbons (Fsp3) is 0.125. The van der Waals surface area contributed by atoms with Crippen LogP contribution in [-0.2, 0) is 0 Å². The number of hydrogen-bond acceptors (Lipinski definition) is 7. The van der Waals surface area contributed by atoms with Gasteiger partial charge in [-0.25, -0.2) is 0 Å². The van der Waals surface area contributed by atoms with Gasteiger partial charge >= 0.3 is 0 Å². The zero-order valence-corrected chi connectivity index (χ0v) is 17.2. The van der Waals surface area contributed by atoms with Crippen LogP contribution in [0.4, 0.5) is 0 Å². The first-order valence-corrected chi connectivity index (χ1v) is 10.8. The zero-order chi connectivity index (χ0) is 21.0. The number of Topliss-reactive ketones (excluding diaryl/α,β-unsaturated/α-hetero) is 1. The summed E-state index contributed by atoms with van der Waals surface area (Å²) >= 11 is 1.21. The highest BCUT2D eigenvalue weighted by Gasteiger charge is 2.27. The third-order valence-corrected chi connectivity index (χ3v) is 5.67.